The molecule has 1 fully saturated rings. The molecule has 2 unspecified atom stereocenters. The highest BCUT2D eigenvalue weighted by Gasteiger charge is 2.26. The van der Waals surface area contributed by atoms with Crippen LogP contribution in [0.3, 0.4) is 0 Å². The summed E-state index contributed by atoms with van der Waals surface area (Å²) in [6.07, 6.45) is 3.89. The van der Waals surface area contributed by atoms with E-state index in [2.05, 4.69) is 41.4 Å². The average molecular weight is 288 g/mol. The lowest BCUT2D eigenvalue weighted by Crippen LogP contribution is -2.41. The Bertz CT molecular complexity index is 449. The van der Waals surface area contributed by atoms with Gasteiger partial charge >= 0.3 is 0 Å². The molecule has 2 heterocycles. The van der Waals surface area contributed by atoms with E-state index in [1.54, 1.807) is 0 Å². The Hall–Kier alpha value is -1.06. The number of nitrogens with one attached hydrogen (secondary N) is 1. The van der Waals surface area contributed by atoms with Gasteiger partial charge in [-0.15, -0.1) is 0 Å². The second-order valence-electron chi connectivity index (χ2n) is 6.45. The molecule has 0 bridgehead atoms. The van der Waals surface area contributed by atoms with Gasteiger partial charge in [0, 0.05) is 19.0 Å². The predicted octanol–water partition coefficient (Wildman–Crippen LogP) is 2.87. The normalized spacial score (nSPS) is 26.1. The first-order valence-corrected chi connectivity index (χ1v) is 8.51. The number of piperidine rings is 1. The molecule has 0 saturated carbocycles. The summed E-state index contributed by atoms with van der Waals surface area (Å²) < 4.78 is 5.79. The van der Waals surface area contributed by atoms with E-state index in [1.165, 1.54) is 44.6 Å². The fourth-order valence-electron chi connectivity index (χ4n) is 3.75. The van der Waals surface area contributed by atoms with E-state index >= 15 is 0 Å². The molecule has 116 valence electrons. The second-order valence-corrected chi connectivity index (χ2v) is 6.45. The highest BCUT2D eigenvalue weighted by molar-refractivity contribution is 5.37. The molecule has 2 aliphatic heterocycles. The molecule has 2 atom stereocenters. The Morgan fingerprint density at radius 3 is 3.10 bits per heavy atom. The maximum absolute atomic E-state index is 5.79. The van der Waals surface area contributed by atoms with Crippen LogP contribution in [-0.4, -0.2) is 44.2 Å². The molecule has 3 heteroatoms. The molecule has 3 nitrogen and oxygen atoms in total. The van der Waals surface area contributed by atoms with Crippen LogP contribution in [0.15, 0.2) is 24.3 Å². The van der Waals surface area contributed by atoms with E-state index in [-0.39, 0.29) is 0 Å². The lowest BCUT2D eigenvalue weighted by atomic mass is 9.90. The highest BCUT2D eigenvalue weighted by Crippen LogP contribution is 2.34. The van der Waals surface area contributed by atoms with Gasteiger partial charge < -0.3 is 15.0 Å². The molecule has 1 aromatic carbocycles. The third kappa shape index (κ3) is 3.78. The molecule has 1 saturated heterocycles. The maximum atomic E-state index is 5.79. The summed E-state index contributed by atoms with van der Waals surface area (Å²) in [5, 5.41) is 3.51. The molecule has 0 radical (unpaired) electrons. The molecule has 21 heavy (non-hydrogen) atoms. The third-order valence-corrected chi connectivity index (χ3v) is 4.85. The smallest absolute Gasteiger partial charge is 0.122 e. The Morgan fingerprint density at radius 2 is 2.19 bits per heavy atom. The van der Waals surface area contributed by atoms with E-state index in [1.807, 2.05) is 0 Å². The first kappa shape index (κ1) is 14.9. The van der Waals surface area contributed by atoms with Gasteiger partial charge in [0.25, 0.3) is 0 Å². The van der Waals surface area contributed by atoms with Crippen LogP contribution in [0.1, 0.15) is 37.7 Å². The number of rotatable bonds is 5. The fraction of sp³-hybridized carbons (Fsp3) is 0.667. The molecular weight excluding hydrogens is 260 g/mol. The van der Waals surface area contributed by atoms with Crippen molar-refractivity contribution < 1.29 is 4.74 Å². The summed E-state index contributed by atoms with van der Waals surface area (Å²) >= 11 is 0. The van der Waals surface area contributed by atoms with Crippen molar-refractivity contribution in [2.45, 2.75) is 32.1 Å². The number of hydrogen-bond donors (Lipinski definition) is 1. The third-order valence-electron chi connectivity index (χ3n) is 4.85. The summed E-state index contributed by atoms with van der Waals surface area (Å²) in [4.78, 5) is 2.68. The SMILES string of the molecule is CCNCC1CCCN(CC2CCOc3ccccc32)C1. The summed E-state index contributed by atoms with van der Waals surface area (Å²) in [6.45, 7) is 9.05. The zero-order chi connectivity index (χ0) is 14.5. The lowest BCUT2D eigenvalue weighted by molar-refractivity contribution is 0.150. The van der Waals surface area contributed by atoms with E-state index in [0.29, 0.717) is 5.92 Å². The number of likely N-dealkylation sites (tertiary alicyclic amines) is 1. The molecule has 0 amide bonds. The molecule has 0 spiro atoms. The summed E-state index contributed by atoms with van der Waals surface area (Å²) in [5.74, 6) is 2.58. The monoisotopic (exact) mass is 288 g/mol. The van der Waals surface area contributed by atoms with Crippen LogP contribution in [0.25, 0.3) is 0 Å². The standard InChI is InChI=1S/C18H28N2O/c1-2-19-12-15-6-5-10-20(13-15)14-16-9-11-21-18-8-4-3-7-17(16)18/h3-4,7-8,15-16,19H,2,5-6,9-14H2,1H3. The Labute approximate surface area is 128 Å². The Morgan fingerprint density at radius 1 is 1.29 bits per heavy atom. The van der Waals surface area contributed by atoms with Gasteiger partial charge in [0.05, 0.1) is 6.61 Å². The van der Waals surface area contributed by atoms with E-state index < -0.39 is 0 Å². The van der Waals surface area contributed by atoms with Crippen molar-refractivity contribution in [1.82, 2.24) is 10.2 Å². The zero-order valence-corrected chi connectivity index (χ0v) is 13.2. The molecule has 2 aliphatic rings. The van der Waals surface area contributed by atoms with Gasteiger partial charge in [-0.25, -0.2) is 0 Å². The topological polar surface area (TPSA) is 24.5 Å². The van der Waals surface area contributed by atoms with Crippen LogP contribution in [-0.2, 0) is 0 Å². The minimum atomic E-state index is 0.646. The first-order valence-electron chi connectivity index (χ1n) is 8.51. The largest absolute Gasteiger partial charge is 0.493 e. The number of hydrogen-bond acceptors (Lipinski definition) is 3. The zero-order valence-electron chi connectivity index (χ0n) is 13.2. The van der Waals surface area contributed by atoms with Crippen molar-refractivity contribution in [3.05, 3.63) is 29.8 Å². The summed E-state index contributed by atoms with van der Waals surface area (Å²) in [7, 11) is 0. The van der Waals surface area contributed by atoms with Gasteiger partial charge in [-0.3, -0.25) is 0 Å². The van der Waals surface area contributed by atoms with Crippen LogP contribution in [0.2, 0.25) is 0 Å². The minimum absolute atomic E-state index is 0.646. The highest BCUT2D eigenvalue weighted by atomic mass is 16.5. The number of para-hydroxylation sites is 1. The van der Waals surface area contributed by atoms with Crippen molar-refractivity contribution in [1.29, 1.82) is 0 Å². The van der Waals surface area contributed by atoms with Crippen molar-refractivity contribution >= 4 is 0 Å². The van der Waals surface area contributed by atoms with Gasteiger partial charge in [-0.2, -0.15) is 0 Å². The van der Waals surface area contributed by atoms with Gasteiger partial charge in [-0.1, -0.05) is 25.1 Å². The molecule has 1 N–H and O–H groups in total. The number of fused-ring (bicyclic) bond motifs is 1. The van der Waals surface area contributed by atoms with E-state index in [0.717, 1.165) is 31.2 Å². The van der Waals surface area contributed by atoms with Gasteiger partial charge in [0.15, 0.2) is 0 Å². The molecule has 1 aromatic rings. The van der Waals surface area contributed by atoms with Crippen LogP contribution >= 0.6 is 0 Å². The van der Waals surface area contributed by atoms with Crippen molar-refractivity contribution in [3.8, 4) is 5.75 Å². The molecule has 3 rings (SSSR count). The van der Waals surface area contributed by atoms with Crippen LogP contribution < -0.4 is 10.1 Å². The van der Waals surface area contributed by atoms with E-state index in [4.69, 9.17) is 4.74 Å². The van der Waals surface area contributed by atoms with E-state index in [9.17, 15) is 0 Å². The van der Waals surface area contributed by atoms with Crippen LogP contribution in [0.5, 0.6) is 5.75 Å². The number of ether oxygens (including phenoxy) is 1. The summed E-state index contributed by atoms with van der Waals surface area (Å²) in [6, 6.07) is 8.59. The summed E-state index contributed by atoms with van der Waals surface area (Å²) in [5.41, 5.74) is 1.41. The number of nitrogens with zero attached hydrogens (tertiary/aromatic N) is 1. The van der Waals surface area contributed by atoms with Gasteiger partial charge in [0.2, 0.25) is 0 Å². The van der Waals surface area contributed by atoms with Gasteiger partial charge in [0.1, 0.15) is 5.75 Å². The van der Waals surface area contributed by atoms with Crippen molar-refractivity contribution in [3.63, 3.8) is 0 Å². The van der Waals surface area contributed by atoms with Crippen LogP contribution in [0.4, 0.5) is 0 Å². The molecule has 0 aliphatic carbocycles. The number of benzene rings is 1. The fourth-order valence-corrected chi connectivity index (χ4v) is 3.75. The van der Waals surface area contributed by atoms with Crippen molar-refractivity contribution in [2.24, 2.45) is 5.92 Å². The second kappa shape index (κ2) is 7.28. The average Bonchev–Trinajstić information content (AvgIpc) is 2.54. The maximum Gasteiger partial charge on any atom is 0.122 e. The minimum Gasteiger partial charge on any atom is -0.493 e. The van der Waals surface area contributed by atoms with Crippen LogP contribution in [0, 0.1) is 5.92 Å². The first-order chi connectivity index (χ1) is 10.4. The quantitative estimate of drug-likeness (QED) is 0.901. The van der Waals surface area contributed by atoms with Crippen molar-refractivity contribution in [2.75, 3.05) is 39.3 Å². The molecular formula is C18H28N2O. The Balaban J connectivity index is 1.59. The predicted molar refractivity (Wildman–Crippen MR) is 87.0 cm³/mol. The van der Waals surface area contributed by atoms with Gasteiger partial charge in [-0.05, 0) is 56.4 Å². The lowest BCUT2D eigenvalue weighted by Gasteiger charge is -2.36. The Kier molecular flexibility index (Phi) is 5.15. The molecule has 0 aromatic heterocycles.